The van der Waals surface area contributed by atoms with Crippen molar-refractivity contribution in [2.75, 3.05) is 0 Å². The van der Waals surface area contributed by atoms with E-state index in [4.69, 9.17) is 0 Å². The van der Waals surface area contributed by atoms with E-state index in [0.29, 0.717) is 11.5 Å². The second-order valence-electron chi connectivity index (χ2n) is 5.90. The van der Waals surface area contributed by atoms with E-state index >= 15 is 0 Å². The maximum atomic E-state index is 12.1. The average molecular weight is 311 g/mol. The van der Waals surface area contributed by atoms with Gasteiger partial charge >= 0.3 is 12.6 Å². The van der Waals surface area contributed by atoms with Gasteiger partial charge in [0, 0.05) is 24.8 Å². The van der Waals surface area contributed by atoms with Crippen LogP contribution < -0.4 is 15.4 Å². The van der Waals surface area contributed by atoms with E-state index in [1.807, 2.05) is 0 Å². The molecule has 1 heterocycles. The Morgan fingerprint density at radius 2 is 2.32 bits per heavy atom. The largest absolute Gasteiger partial charge is 0.417 e. The van der Waals surface area contributed by atoms with E-state index < -0.39 is 6.61 Å². The summed E-state index contributed by atoms with van der Waals surface area (Å²) in [6.45, 7) is -2.66. The van der Waals surface area contributed by atoms with Gasteiger partial charge in [-0.3, -0.25) is 0 Å². The molecule has 0 aliphatic heterocycles. The zero-order valence-electron chi connectivity index (χ0n) is 12.1. The van der Waals surface area contributed by atoms with Crippen LogP contribution >= 0.6 is 0 Å². The lowest BCUT2D eigenvalue weighted by Gasteiger charge is -2.40. The summed E-state index contributed by atoms with van der Waals surface area (Å²) in [4.78, 5) is 15.6. The molecule has 1 aromatic heterocycles. The number of halogens is 2. The van der Waals surface area contributed by atoms with E-state index in [1.54, 1.807) is 6.07 Å². The highest BCUT2D eigenvalue weighted by Crippen LogP contribution is 2.46. The molecule has 2 aliphatic carbocycles. The SMILES string of the molecule is O=C(NCc1ccnc(OC(F)F)c1)N[C@H]1C[C@H]2CCC[C@H]21. The van der Waals surface area contributed by atoms with Crippen LogP contribution in [0.4, 0.5) is 13.6 Å². The molecule has 1 aromatic rings. The van der Waals surface area contributed by atoms with E-state index in [0.717, 1.165) is 12.3 Å². The summed E-state index contributed by atoms with van der Waals surface area (Å²) in [5.74, 6) is 1.28. The van der Waals surface area contributed by atoms with Crippen LogP contribution in [-0.2, 0) is 6.54 Å². The molecule has 120 valence electrons. The fourth-order valence-corrected chi connectivity index (χ4v) is 3.48. The Kier molecular flexibility index (Phi) is 4.40. The molecule has 2 amide bonds. The van der Waals surface area contributed by atoms with Crippen LogP contribution in [0.3, 0.4) is 0 Å². The van der Waals surface area contributed by atoms with Gasteiger partial charge in [0.1, 0.15) is 0 Å². The molecule has 2 fully saturated rings. The molecular formula is C15H19F2N3O2. The molecule has 0 bridgehead atoms. The van der Waals surface area contributed by atoms with Crippen LogP contribution in [0.5, 0.6) is 5.88 Å². The topological polar surface area (TPSA) is 63.2 Å². The van der Waals surface area contributed by atoms with Crippen LogP contribution in [0.2, 0.25) is 0 Å². The highest BCUT2D eigenvalue weighted by atomic mass is 19.3. The maximum absolute atomic E-state index is 12.1. The van der Waals surface area contributed by atoms with Gasteiger partial charge in [-0.2, -0.15) is 8.78 Å². The number of alkyl halides is 2. The van der Waals surface area contributed by atoms with Gasteiger partial charge in [0.05, 0.1) is 0 Å². The fourth-order valence-electron chi connectivity index (χ4n) is 3.48. The molecule has 2 N–H and O–H groups in total. The minimum atomic E-state index is -2.91. The number of ether oxygens (including phenoxy) is 1. The van der Waals surface area contributed by atoms with Gasteiger partial charge in [-0.1, -0.05) is 12.8 Å². The summed E-state index contributed by atoms with van der Waals surface area (Å²) >= 11 is 0. The minimum Gasteiger partial charge on any atom is -0.417 e. The molecule has 0 saturated heterocycles. The van der Waals surface area contributed by atoms with Gasteiger partial charge in [0.25, 0.3) is 0 Å². The minimum absolute atomic E-state index is 0.150. The van der Waals surface area contributed by atoms with E-state index in [-0.39, 0.29) is 24.5 Å². The Morgan fingerprint density at radius 3 is 3.09 bits per heavy atom. The van der Waals surface area contributed by atoms with Crippen LogP contribution in [0.25, 0.3) is 0 Å². The number of aromatic nitrogens is 1. The van der Waals surface area contributed by atoms with Crippen molar-refractivity contribution in [2.24, 2.45) is 11.8 Å². The van der Waals surface area contributed by atoms with Crippen molar-refractivity contribution in [3.05, 3.63) is 23.9 Å². The maximum Gasteiger partial charge on any atom is 0.388 e. The summed E-state index contributed by atoms with van der Waals surface area (Å²) in [6, 6.07) is 3.10. The Labute approximate surface area is 127 Å². The lowest BCUT2D eigenvalue weighted by molar-refractivity contribution is -0.0529. The summed E-state index contributed by atoms with van der Waals surface area (Å²) < 4.78 is 28.5. The Bertz CT molecular complexity index is 541. The number of hydrogen-bond acceptors (Lipinski definition) is 3. The number of carbonyl (C=O) groups excluding carboxylic acids is 1. The van der Waals surface area contributed by atoms with E-state index in [1.165, 1.54) is 31.5 Å². The van der Waals surface area contributed by atoms with Crippen molar-refractivity contribution in [1.29, 1.82) is 0 Å². The molecule has 22 heavy (non-hydrogen) atoms. The molecule has 0 unspecified atom stereocenters. The van der Waals surface area contributed by atoms with Crippen molar-refractivity contribution >= 4 is 6.03 Å². The van der Waals surface area contributed by atoms with Gasteiger partial charge in [-0.05, 0) is 36.3 Å². The molecule has 3 atom stereocenters. The van der Waals surface area contributed by atoms with Gasteiger partial charge in [0.15, 0.2) is 0 Å². The van der Waals surface area contributed by atoms with Gasteiger partial charge < -0.3 is 15.4 Å². The predicted octanol–water partition coefficient (Wildman–Crippen LogP) is 2.67. The molecule has 5 nitrogen and oxygen atoms in total. The first kappa shape index (κ1) is 15.0. The standard InChI is InChI=1S/C15H19F2N3O2/c16-14(17)22-13-6-9(4-5-18-13)8-19-15(21)20-12-7-10-2-1-3-11(10)12/h4-6,10-12,14H,1-3,7-8H2,(H2,19,20,21)/t10-,11-,12+/m1/s1. The highest BCUT2D eigenvalue weighted by molar-refractivity contribution is 5.74. The third-order valence-electron chi connectivity index (χ3n) is 4.57. The van der Waals surface area contributed by atoms with Crippen LogP contribution in [0.15, 0.2) is 18.3 Å². The van der Waals surface area contributed by atoms with E-state index in [9.17, 15) is 13.6 Å². The lowest BCUT2D eigenvalue weighted by atomic mass is 9.71. The van der Waals surface area contributed by atoms with Crippen molar-refractivity contribution in [3.8, 4) is 5.88 Å². The zero-order chi connectivity index (χ0) is 15.5. The van der Waals surface area contributed by atoms with Crippen molar-refractivity contribution in [2.45, 2.75) is 44.9 Å². The predicted molar refractivity (Wildman–Crippen MR) is 75.5 cm³/mol. The van der Waals surface area contributed by atoms with Crippen LogP contribution in [0.1, 0.15) is 31.2 Å². The molecule has 0 spiro atoms. The molecule has 0 radical (unpaired) electrons. The number of pyridine rings is 1. The lowest BCUT2D eigenvalue weighted by Crippen LogP contribution is -2.52. The molecule has 0 aromatic carbocycles. The number of fused-ring (bicyclic) bond motifs is 1. The number of nitrogens with one attached hydrogen (secondary N) is 2. The van der Waals surface area contributed by atoms with Crippen molar-refractivity contribution < 1.29 is 18.3 Å². The summed E-state index contributed by atoms with van der Waals surface area (Å²) in [5, 5.41) is 5.73. The first-order chi connectivity index (χ1) is 10.6. The van der Waals surface area contributed by atoms with Crippen molar-refractivity contribution in [3.63, 3.8) is 0 Å². The molecule has 2 aliphatic rings. The third-order valence-corrected chi connectivity index (χ3v) is 4.57. The Balaban J connectivity index is 1.44. The van der Waals surface area contributed by atoms with Gasteiger partial charge in [-0.15, -0.1) is 0 Å². The van der Waals surface area contributed by atoms with Crippen molar-refractivity contribution in [1.82, 2.24) is 15.6 Å². The number of urea groups is 1. The summed E-state index contributed by atoms with van der Waals surface area (Å²) in [7, 11) is 0. The zero-order valence-corrected chi connectivity index (χ0v) is 12.1. The summed E-state index contributed by atoms with van der Waals surface area (Å²) in [6.07, 6.45) is 6.20. The first-order valence-corrected chi connectivity index (χ1v) is 7.56. The smallest absolute Gasteiger partial charge is 0.388 e. The van der Waals surface area contributed by atoms with Crippen LogP contribution in [-0.4, -0.2) is 23.7 Å². The fraction of sp³-hybridized carbons (Fsp3) is 0.600. The highest BCUT2D eigenvalue weighted by Gasteiger charge is 2.44. The molecule has 7 heteroatoms. The number of hydrogen-bond donors (Lipinski definition) is 2. The number of amides is 2. The Morgan fingerprint density at radius 1 is 1.45 bits per heavy atom. The number of rotatable bonds is 5. The number of nitrogens with zero attached hydrogens (tertiary/aromatic N) is 1. The van der Waals surface area contributed by atoms with E-state index in [2.05, 4.69) is 20.4 Å². The number of carbonyl (C=O) groups is 1. The molecule has 2 saturated carbocycles. The van der Waals surface area contributed by atoms with Gasteiger partial charge in [0.2, 0.25) is 5.88 Å². The molecule has 3 rings (SSSR count). The molecular weight excluding hydrogens is 292 g/mol. The second-order valence-corrected chi connectivity index (χ2v) is 5.90. The third kappa shape index (κ3) is 3.45. The Hall–Kier alpha value is -1.92. The first-order valence-electron chi connectivity index (χ1n) is 7.56. The average Bonchev–Trinajstić information content (AvgIpc) is 2.83. The quantitative estimate of drug-likeness (QED) is 0.879. The second kappa shape index (κ2) is 6.46. The van der Waals surface area contributed by atoms with Gasteiger partial charge in [-0.25, -0.2) is 9.78 Å². The monoisotopic (exact) mass is 311 g/mol. The normalized spacial score (nSPS) is 26.2. The van der Waals surface area contributed by atoms with Crippen LogP contribution in [0, 0.1) is 11.8 Å². The summed E-state index contributed by atoms with van der Waals surface area (Å²) in [5.41, 5.74) is 0.660.